The Labute approximate surface area is 229 Å². The number of imide groups is 1. The molecule has 3 amide bonds. The lowest BCUT2D eigenvalue weighted by molar-refractivity contribution is -0.123. The number of nitrogens with zero attached hydrogens (tertiary/aromatic N) is 1. The van der Waals surface area contributed by atoms with Crippen LogP contribution in [0.4, 0.5) is 10.5 Å². The van der Waals surface area contributed by atoms with Crippen molar-refractivity contribution in [2.24, 2.45) is 0 Å². The number of thioether (sulfide) groups is 1. The van der Waals surface area contributed by atoms with Crippen LogP contribution in [0.1, 0.15) is 16.7 Å². The number of ether oxygens (including phenoxy) is 1. The first-order valence-corrected chi connectivity index (χ1v) is 13.1. The molecule has 1 aliphatic heterocycles. The van der Waals surface area contributed by atoms with E-state index in [4.69, 9.17) is 16.3 Å². The Balaban J connectivity index is 1.22. The number of hydrogen-bond acceptors (Lipinski definition) is 5. The summed E-state index contributed by atoms with van der Waals surface area (Å²) in [4.78, 5) is 39.6. The summed E-state index contributed by atoms with van der Waals surface area (Å²) in [7, 11) is 0. The normalized spacial score (nSPS) is 14.4. The number of nitrogens with one attached hydrogen (secondary N) is 1. The fourth-order valence-corrected chi connectivity index (χ4v) is 5.04. The number of carbonyl (C=O) groups excluding carboxylic acids is 3. The zero-order valence-electron chi connectivity index (χ0n) is 20.4. The second-order valence-electron chi connectivity index (χ2n) is 8.82. The van der Waals surface area contributed by atoms with Gasteiger partial charge >= 0.3 is 0 Å². The molecule has 0 unspecified atom stereocenters. The zero-order chi connectivity index (χ0) is 26.6. The van der Waals surface area contributed by atoms with Gasteiger partial charge in [-0.05, 0) is 82.6 Å². The first-order valence-electron chi connectivity index (χ1n) is 11.9. The average Bonchev–Trinajstić information content (AvgIpc) is 3.17. The molecule has 1 fully saturated rings. The highest BCUT2D eigenvalue weighted by molar-refractivity contribution is 8.18. The van der Waals surface area contributed by atoms with E-state index in [0.717, 1.165) is 33.7 Å². The van der Waals surface area contributed by atoms with Crippen molar-refractivity contribution in [1.82, 2.24) is 4.90 Å². The monoisotopic (exact) mass is 542 g/mol. The fourth-order valence-electron chi connectivity index (χ4n) is 4.02. The molecule has 0 spiro atoms. The van der Waals surface area contributed by atoms with Gasteiger partial charge in [0.2, 0.25) is 0 Å². The predicted molar refractivity (Wildman–Crippen MR) is 152 cm³/mol. The summed E-state index contributed by atoms with van der Waals surface area (Å²) in [6, 6.07) is 26.1. The molecule has 4 aromatic carbocycles. The van der Waals surface area contributed by atoms with Crippen LogP contribution in [0.3, 0.4) is 0 Å². The molecule has 0 radical (unpaired) electrons. The van der Waals surface area contributed by atoms with Gasteiger partial charge in [-0.25, -0.2) is 0 Å². The Bertz CT molecular complexity index is 1600. The van der Waals surface area contributed by atoms with Gasteiger partial charge in [0.1, 0.15) is 5.75 Å². The van der Waals surface area contributed by atoms with E-state index < -0.39 is 0 Å². The smallest absolute Gasteiger partial charge is 0.293 e. The summed E-state index contributed by atoms with van der Waals surface area (Å²) in [6.45, 7) is 1.89. The van der Waals surface area contributed by atoms with Gasteiger partial charge in [0, 0.05) is 10.7 Å². The molecule has 0 saturated carbocycles. The van der Waals surface area contributed by atoms with Crippen molar-refractivity contribution in [2.75, 3.05) is 11.9 Å². The molecule has 1 aliphatic rings. The molecule has 1 N–H and O–H groups in total. The number of rotatable bonds is 7. The van der Waals surface area contributed by atoms with Crippen molar-refractivity contribution < 1.29 is 19.1 Å². The molecule has 5 rings (SSSR count). The topological polar surface area (TPSA) is 75.7 Å². The molecule has 6 nitrogen and oxygen atoms in total. The third-order valence-electron chi connectivity index (χ3n) is 6.01. The van der Waals surface area contributed by atoms with Crippen LogP contribution in [0.5, 0.6) is 5.75 Å². The highest BCUT2D eigenvalue weighted by atomic mass is 35.5. The molecule has 0 atom stereocenters. The SMILES string of the molecule is Cc1ccc(NC(=O)COc2cccc(/C=C3\SC(=O)N(Cc4ccc5ccccc5c4)C3=O)c2)cc1Cl. The average molecular weight is 543 g/mol. The maximum absolute atomic E-state index is 13.0. The van der Waals surface area contributed by atoms with Crippen molar-refractivity contribution >= 4 is 63.0 Å². The Morgan fingerprint density at radius 2 is 1.79 bits per heavy atom. The first-order chi connectivity index (χ1) is 18.4. The van der Waals surface area contributed by atoms with Crippen molar-refractivity contribution in [1.29, 1.82) is 0 Å². The summed E-state index contributed by atoms with van der Waals surface area (Å²) >= 11 is 7.02. The lowest BCUT2D eigenvalue weighted by Crippen LogP contribution is -2.27. The molecular weight excluding hydrogens is 520 g/mol. The second kappa shape index (κ2) is 11.1. The number of fused-ring (bicyclic) bond motifs is 1. The van der Waals surface area contributed by atoms with Gasteiger partial charge in [-0.1, -0.05) is 66.2 Å². The van der Waals surface area contributed by atoms with E-state index in [0.29, 0.717) is 26.9 Å². The Hall–Kier alpha value is -4.07. The summed E-state index contributed by atoms with van der Waals surface area (Å²) in [6.07, 6.45) is 1.66. The van der Waals surface area contributed by atoms with E-state index in [-0.39, 0.29) is 30.2 Å². The molecule has 190 valence electrons. The minimum absolute atomic E-state index is 0.197. The molecule has 0 bridgehead atoms. The zero-order valence-corrected chi connectivity index (χ0v) is 22.0. The van der Waals surface area contributed by atoms with Crippen LogP contribution in [-0.2, 0) is 16.1 Å². The van der Waals surface area contributed by atoms with Crippen LogP contribution in [0.15, 0.2) is 89.8 Å². The molecular formula is C30H23ClN2O4S. The minimum atomic E-state index is -0.337. The number of aryl methyl sites for hydroxylation is 1. The Morgan fingerprint density at radius 1 is 0.974 bits per heavy atom. The fraction of sp³-hybridized carbons (Fsp3) is 0.100. The number of anilines is 1. The number of halogens is 1. The van der Waals surface area contributed by atoms with E-state index in [2.05, 4.69) is 5.32 Å². The van der Waals surface area contributed by atoms with E-state index in [9.17, 15) is 14.4 Å². The standard InChI is InChI=1S/C30H23ClN2O4S/c1-19-9-12-24(16-26(19)31)32-28(34)18-37-25-8-4-5-20(14-25)15-27-29(35)33(30(36)38-27)17-21-10-11-22-6-2-3-7-23(22)13-21/h2-16H,17-18H2,1H3,(H,32,34)/b27-15-. The predicted octanol–water partition coefficient (Wildman–Crippen LogP) is 7.06. The largest absolute Gasteiger partial charge is 0.484 e. The van der Waals surface area contributed by atoms with Crippen LogP contribution in [0.25, 0.3) is 16.8 Å². The third-order valence-corrected chi connectivity index (χ3v) is 7.32. The first kappa shape index (κ1) is 25.6. The van der Waals surface area contributed by atoms with E-state index in [1.807, 2.05) is 55.5 Å². The van der Waals surface area contributed by atoms with Crippen LogP contribution in [0.2, 0.25) is 5.02 Å². The molecule has 1 heterocycles. The molecule has 8 heteroatoms. The maximum atomic E-state index is 13.0. The van der Waals surface area contributed by atoms with Gasteiger partial charge in [0.05, 0.1) is 11.4 Å². The number of hydrogen-bond donors (Lipinski definition) is 1. The Kier molecular flexibility index (Phi) is 7.49. The highest BCUT2D eigenvalue weighted by Crippen LogP contribution is 2.34. The van der Waals surface area contributed by atoms with E-state index in [1.54, 1.807) is 42.5 Å². The number of amides is 3. The lowest BCUT2D eigenvalue weighted by atomic mass is 10.1. The summed E-state index contributed by atoms with van der Waals surface area (Å²) < 4.78 is 5.64. The van der Waals surface area contributed by atoms with Gasteiger partial charge in [-0.15, -0.1) is 0 Å². The van der Waals surface area contributed by atoms with E-state index in [1.165, 1.54) is 4.90 Å². The maximum Gasteiger partial charge on any atom is 0.293 e. The molecule has 0 aliphatic carbocycles. The van der Waals surface area contributed by atoms with Crippen LogP contribution >= 0.6 is 23.4 Å². The van der Waals surface area contributed by atoms with Crippen molar-refractivity contribution in [3.05, 3.63) is 112 Å². The van der Waals surface area contributed by atoms with Crippen molar-refractivity contribution in [3.8, 4) is 5.75 Å². The molecule has 1 saturated heterocycles. The minimum Gasteiger partial charge on any atom is -0.484 e. The van der Waals surface area contributed by atoms with E-state index >= 15 is 0 Å². The third kappa shape index (κ3) is 5.90. The van der Waals surface area contributed by atoms with Gasteiger partial charge in [-0.2, -0.15) is 0 Å². The van der Waals surface area contributed by atoms with Gasteiger partial charge in [0.15, 0.2) is 6.61 Å². The highest BCUT2D eigenvalue weighted by Gasteiger charge is 2.35. The summed E-state index contributed by atoms with van der Waals surface area (Å²) in [5.74, 6) is -0.202. The van der Waals surface area contributed by atoms with Gasteiger partial charge in [-0.3, -0.25) is 19.3 Å². The number of benzene rings is 4. The van der Waals surface area contributed by atoms with Crippen LogP contribution in [0, 0.1) is 6.92 Å². The Morgan fingerprint density at radius 3 is 2.61 bits per heavy atom. The molecule has 38 heavy (non-hydrogen) atoms. The number of carbonyl (C=O) groups is 3. The molecule has 4 aromatic rings. The van der Waals surface area contributed by atoms with Crippen molar-refractivity contribution in [2.45, 2.75) is 13.5 Å². The van der Waals surface area contributed by atoms with Gasteiger partial charge in [0.25, 0.3) is 17.1 Å². The second-order valence-corrected chi connectivity index (χ2v) is 10.2. The van der Waals surface area contributed by atoms with Gasteiger partial charge < -0.3 is 10.1 Å². The molecule has 0 aromatic heterocycles. The summed E-state index contributed by atoms with van der Waals surface area (Å²) in [5.41, 5.74) is 3.07. The van der Waals surface area contributed by atoms with Crippen LogP contribution < -0.4 is 10.1 Å². The summed E-state index contributed by atoms with van der Waals surface area (Å²) in [5, 5.41) is 5.16. The van der Waals surface area contributed by atoms with Crippen LogP contribution in [-0.4, -0.2) is 28.6 Å². The lowest BCUT2D eigenvalue weighted by Gasteiger charge is -2.13. The quantitative estimate of drug-likeness (QED) is 0.253. The van der Waals surface area contributed by atoms with Crippen molar-refractivity contribution in [3.63, 3.8) is 0 Å².